The summed E-state index contributed by atoms with van der Waals surface area (Å²) in [5.41, 5.74) is 5.64. The fourth-order valence-corrected chi connectivity index (χ4v) is 1.67. The van der Waals surface area contributed by atoms with E-state index in [1.54, 1.807) is 23.9 Å². The maximum Gasteiger partial charge on any atom is 0.123 e. The Bertz CT molecular complexity index is 263. The van der Waals surface area contributed by atoms with Crippen molar-refractivity contribution in [2.24, 2.45) is 5.73 Å². The molecule has 0 amide bonds. The van der Waals surface area contributed by atoms with Gasteiger partial charge in [-0.15, -0.1) is 11.8 Å². The predicted molar refractivity (Wildman–Crippen MR) is 55.4 cm³/mol. The van der Waals surface area contributed by atoms with Gasteiger partial charge in [0.2, 0.25) is 0 Å². The first-order valence-electron chi connectivity index (χ1n) is 4.15. The van der Waals surface area contributed by atoms with Crippen molar-refractivity contribution in [2.45, 2.75) is 24.3 Å². The van der Waals surface area contributed by atoms with Gasteiger partial charge in [-0.05, 0) is 38.1 Å². The van der Waals surface area contributed by atoms with Gasteiger partial charge >= 0.3 is 0 Å². The van der Waals surface area contributed by atoms with Gasteiger partial charge in [0.25, 0.3) is 0 Å². The van der Waals surface area contributed by atoms with Gasteiger partial charge in [-0.2, -0.15) is 0 Å². The zero-order chi connectivity index (χ0) is 9.90. The Morgan fingerprint density at radius 2 is 1.85 bits per heavy atom. The lowest BCUT2D eigenvalue weighted by atomic mass is 10.1. The predicted octanol–water partition coefficient (Wildman–Crippen LogP) is 2.66. The topological polar surface area (TPSA) is 26.0 Å². The first kappa shape index (κ1) is 10.5. The van der Waals surface area contributed by atoms with Gasteiger partial charge < -0.3 is 5.73 Å². The highest BCUT2D eigenvalue weighted by Gasteiger charge is 2.10. The second-order valence-electron chi connectivity index (χ2n) is 3.73. The summed E-state index contributed by atoms with van der Waals surface area (Å²) in [6, 6.07) is 6.47. The van der Waals surface area contributed by atoms with E-state index >= 15 is 0 Å². The second-order valence-corrected chi connectivity index (χ2v) is 4.78. The van der Waals surface area contributed by atoms with Crippen LogP contribution in [0.5, 0.6) is 0 Å². The van der Waals surface area contributed by atoms with E-state index in [2.05, 4.69) is 0 Å². The van der Waals surface area contributed by atoms with Crippen molar-refractivity contribution in [2.75, 3.05) is 5.75 Å². The van der Waals surface area contributed by atoms with Crippen molar-refractivity contribution >= 4 is 11.8 Å². The molecule has 0 saturated carbocycles. The SMILES string of the molecule is CC(C)(N)CSc1ccc(F)cc1. The fourth-order valence-electron chi connectivity index (χ4n) is 0.800. The monoisotopic (exact) mass is 199 g/mol. The quantitative estimate of drug-likeness (QED) is 0.757. The average molecular weight is 199 g/mol. The zero-order valence-electron chi connectivity index (χ0n) is 7.88. The Morgan fingerprint density at radius 3 is 2.31 bits per heavy atom. The number of halogens is 1. The number of hydrogen-bond donors (Lipinski definition) is 1. The number of hydrogen-bond acceptors (Lipinski definition) is 2. The minimum Gasteiger partial charge on any atom is -0.325 e. The number of thioether (sulfide) groups is 1. The largest absolute Gasteiger partial charge is 0.325 e. The molecule has 0 fully saturated rings. The summed E-state index contributed by atoms with van der Waals surface area (Å²) in [4.78, 5) is 1.06. The normalized spacial score (nSPS) is 11.7. The molecule has 1 nitrogen and oxygen atoms in total. The third-order valence-corrected chi connectivity index (χ3v) is 2.92. The number of benzene rings is 1. The van der Waals surface area contributed by atoms with E-state index in [1.807, 2.05) is 13.8 Å². The molecule has 0 aliphatic carbocycles. The summed E-state index contributed by atoms with van der Waals surface area (Å²) in [5.74, 6) is 0.634. The summed E-state index contributed by atoms with van der Waals surface area (Å²) < 4.78 is 12.5. The molecule has 2 N–H and O–H groups in total. The van der Waals surface area contributed by atoms with Crippen LogP contribution in [-0.2, 0) is 0 Å². The first-order valence-corrected chi connectivity index (χ1v) is 5.13. The molecule has 0 bridgehead atoms. The van der Waals surface area contributed by atoms with Gasteiger partial charge in [0, 0.05) is 16.2 Å². The maximum absolute atomic E-state index is 12.5. The summed E-state index contributed by atoms with van der Waals surface area (Å²) in [6.45, 7) is 3.95. The lowest BCUT2D eigenvalue weighted by Gasteiger charge is -2.17. The van der Waals surface area contributed by atoms with Crippen molar-refractivity contribution < 1.29 is 4.39 Å². The van der Waals surface area contributed by atoms with E-state index in [0.29, 0.717) is 0 Å². The van der Waals surface area contributed by atoms with Crippen LogP contribution in [0.4, 0.5) is 4.39 Å². The molecule has 0 spiro atoms. The molecular weight excluding hydrogens is 185 g/mol. The lowest BCUT2D eigenvalue weighted by Crippen LogP contribution is -2.34. The summed E-state index contributed by atoms with van der Waals surface area (Å²) in [7, 11) is 0. The first-order chi connectivity index (χ1) is 5.97. The van der Waals surface area contributed by atoms with Crippen LogP contribution in [-0.4, -0.2) is 11.3 Å². The van der Waals surface area contributed by atoms with E-state index in [0.717, 1.165) is 10.6 Å². The summed E-state index contributed by atoms with van der Waals surface area (Å²) in [6.07, 6.45) is 0. The van der Waals surface area contributed by atoms with E-state index in [9.17, 15) is 4.39 Å². The third-order valence-electron chi connectivity index (χ3n) is 1.42. The Balaban J connectivity index is 2.51. The molecule has 72 valence electrons. The maximum atomic E-state index is 12.5. The average Bonchev–Trinajstić information content (AvgIpc) is 2.02. The Morgan fingerprint density at radius 1 is 1.31 bits per heavy atom. The van der Waals surface area contributed by atoms with Crippen LogP contribution >= 0.6 is 11.8 Å². The van der Waals surface area contributed by atoms with Crippen LogP contribution in [0.25, 0.3) is 0 Å². The van der Waals surface area contributed by atoms with Crippen LogP contribution < -0.4 is 5.73 Å². The lowest BCUT2D eigenvalue weighted by molar-refractivity contribution is 0.591. The molecule has 1 aromatic rings. The minimum atomic E-state index is -0.198. The molecule has 0 atom stereocenters. The van der Waals surface area contributed by atoms with Gasteiger partial charge in [-0.1, -0.05) is 0 Å². The third kappa shape index (κ3) is 4.29. The molecule has 0 aliphatic rings. The smallest absolute Gasteiger partial charge is 0.123 e. The Hall–Kier alpha value is -0.540. The van der Waals surface area contributed by atoms with E-state index < -0.39 is 0 Å². The van der Waals surface area contributed by atoms with Crippen LogP contribution in [0.2, 0.25) is 0 Å². The highest BCUT2D eigenvalue weighted by atomic mass is 32.2. The molecule has 0 radical (unpaired) electrons. The molecule has 0 aromatic heterocycles. The molecule has 0 saturated heterocycles. The molecule has 0 aliphatic heterocycles. The molecule has 0 heterocycles. The Labute approximate surface area is 82.5 Å². The molecule has 0 unspecified atom stereocenters. The minimum absolute atomic E-state index is 0.181. The van der Waals surface area contributed by atoms with Crippen molar-refractivity contribution in [3.8, 4) is 0 Å². The highest BCUT2D eigenvalue weighted by Crippen LogP contribution is 2.21. The summed E-state index contributed by atoms with van der Waals surface area (Å²) in [5, 5.41) is 0. The highest BCUT2D eigenvalue weighted by molar-refractivity contribution is 7.99. The van der Waals surface area contributed by atoms with E-state index in [1.165, 1.54) is 12.1 Å². The van der Waals surface area contributed by atoms with Gasteiger partial charge in [-0.25, -0.2) is 4.39 Å². The van der Waals surface area contributed by atoms with Crippen LogP contribution in [0, 0.1) is 5.82 Å². The van der Waals surface area contributed by atoms with E-state index in [-0.39, 0.29) is 11.4 Å². The second kappa shape index (κ2) is 4.11. The molecule has 3 heteroatoms. The zero-order valence-corrected chi connectivity index (χ0v) is 8.70. The number of nitrogens with two attached hydrogens (primary N) is 1. The van der Waals surface area contributed by atoms with Crippen molar-refractivity contribution in [3.05, 3.63) is 30.1 Å². The molecule has 13 heavy (non-hydrogen) atoms. The van der Waals surface area contributed by atoms with Crippen molar-refractivity contribution in [1.29, 1.82) is 0 Å². The van der Waals surface area contributed by atoms with Crippen molar-refractivity contribution in [1.82, 2.24) is 0 Å². The van der Waals surface area contributed by atoms with Gasteiger partial charge in [0.1, 0.15) is 5.82 Å². The van der Waals surface area contributed by atoms with Crippen molar-refractivity contribution in [3.63, 3.8) is 0 Å². The fraction of sp³-hybridized carbons (Fsp3) is 0.400. The van der Waals surface area contributed by atoms with Crippen LogP contribution in [0.3, 0.4) is 0 Å². The molecule has 1 rings (SSSR count). The van der Waals surface area contributed by atoms with Gasteiger partial charge in [0.15, 0.2) is 0 Å². The van der Waals surface area contributed by atoms with E-state index in [4.69, 9.17) is 5.73 Å². The van der Waals surface area contributed by atoms with Gasteiger partial charge in [-0.3, -0.25) is 0 Å². The van der Waals surface area contributed by atoms with Gasteiger partial charge in [0.05, 0.1) is 0 Å². The molecular formula is C10H14FNS. The number of rotatable bonds is 3. The standard InChI is InChI=1S/C10H14FNS/c1-10(2,12)7-13-9-5-3-8(11)4-6-9/h3-6H,7,12H2,1-2H3. The summed E-state index contributed by atoms with van der Waals surface area (Å²) >= 11 is 1.64. The van der Waals surface area contributed by atoms with Crippen LogP contribution in [0.15, 0.2) is 29.2 Å². The molecule has 1 aromatic carbocycles. The Kier molecular flexibility index (Phi) is 3.33. The van der Waals surface area contributed by atoms with Crippen LogP contribution in [0.1, 0.15) is 13.8 Å².